The molecule has 0 bridgehead atoms. The third-order valence-electron chi connectivity index (χ3n) is 4.06. The lowest BCUT2D eigenvalue weighted by atomic mass is 9.98. The van der Waals surface area contributed by atoms with E-state index < -0.39 is 0 Å². The molecule has 104 valence electrons. The van der Waals surface area contributed by atoms with Gasteiger partial charge in [-0.3, -0.25) is 0 Å². The summed E-state index contributed by atoms with van der Waals surface area (Å²) in [6, 6.07) is 6.52. The first-order chi connectivity index (χ1) is 9.58. The molecule has 0 atom stereocenters. The molecular formula is C17H21N3. The van der Waals surface area contributed by atoms with Gasteiger partial charge in [0.2, 0.25) is 0 Å². The fraction of sp³-hybridized carbons (Fsp3) is 0.412. The lowest BCUT2D eigenvalue weighted by Crippen LogP contribution is -2.01. The molecule has 0 spiro atoms. The maximum atomic E-state index is 4.79. The van der Waals surface area contributed by atoms with E-state index in [2.05, 4.69) is 43.2 Å². The van der Waals surface area contributed by atoms with Crippen LogP contribution in [0.3, 0.4) is 0 Å². The highest BCUT2D eigenvalue weighted by Gasteiger charge is 2.27. The standard InChI is InChI=1S/C17H21N3/c1-10-7-12(3)14(8-11(10)2)15-9-16(18-4)20-17(19-15)13-5-6-13/h7-9,13H,5-6H2,1-4H3,(H,18,19,20). The van der Waals surface area contributed by atoms with Crippen molar-refractivity contribution in [3.05, 3.63) is 40.7 Å². The molecule has 1 aromatic heterocycles. The van der Waals surface area contributed by atoms with E-state index in [0.29, 0.717) is 5.92 Å². The van der Waals surface area contributed by atoms with Gasteiger partial charge >= 0.3 is 0 Å². The van der Waals surface area contributed by atoms with Gasteiger partial charge < -0.3 is 5.32 Å². The van der Waals surface area contributed by atoms with Gasteiger partial charge in [0.25, 0.3) is 0 Å². The number of benzene rings is 1. The van der Waals surface area contributed by atoms with Gasteiger partial charge in [-0.05, 0) is 56.4 Å². The Hall–Kier alpha value is -1.90. The van der Waals surface area contributed by atoms with Crippen LogP contribution in [0.2, 0.25) is 0 Å². The third kappa shape index (κ3) is 2.40. The molecule has 1 aromatic carbocycles. The van der Waals surface area contributed by atoms with Crippen molar-refractivity contribution in [1.82, 2.24) is 9.97 Å². The Bertz CT molecular complexity index is 658. The van der Waals surface area contributed by atoms with Crippen molar-refractivity contribution in [1.29, 1.82) is 0 Å². The normalized spacial score (nSPS) is 14.4. The molecule has 1 N–H and O–H groups in total. The van der Waals surface area contributed by atoms with Crippen LogP contribution in [0.5, 0.6) is 0 Å². The zero-order valence-corrected chi connectivity index (χ0v) is 12.6. The summed E-state index contributed by atoms with van der Waals surface area (Å²) < 4.78 is 0. The van der Waals surface area contributed by atoms with Crippen molar-refractivity contribution in [3.63, 3.8) is 0 Å². The summed E-state index contributed by atoms with van der Waals surface area (Å²) in [7, 11) is 1.91. The monoisotopic (exact) mass is 267 g/mol. The van der Waals surface area contributed by atoms with Crippen LogP contribution in [-0.2, 0) is 0 Å². The van der Waals surface area contributed by atoms with Crippen molar-refractivity contribution in [2.24, 2.45) is 0 Å². The molecule has 0 amide bonds. The van der Waals surface area contributed by atoms with Gasteiger partial charge in [-0.25, -0.2) is 9.97 Å². The second-order valence-corrected chi connectivity index (χ2v) is 5.77. The summed E-state index contributed by atoms with van der Waals surface area (Å²) in [5.74, 6) is 2.47. The molecule has 1 saturated carbocycles. The summed E-state index contributed by atoms with van der Waals surface area (Å²) in [5, 5.41) is 3.15. The first-order valence-electron chi connectivity index (χ1n) is 7.23. The lowest BCUT2D eigenvalue weighted by molar-refractivity contribution is 0.931. The third-order valence-corrected chi connectivity index (χ3v) is 4.06. The van der Waals surface area contributed by atoms with Crippen molar-refractivity contribution < 1.29 is 0 Å². The summed E-state index contributed by atoms with van der Waals surface area (Å²) in [5.41, 5.74) is 6.16. The summed E-state index contributed by atoms with van der Waals surface area (Å²) in [6.07, 6.45) is 2.44. The average Bonchev–Trinajstić information content (AvgIpc) is 3.26. The first-order valence-corrected chi connectivity index (χ1v) is 7.23. The number of anilines is 1. The molecule has 0 unspecified atom stereocenters. The van der Waals surface area contributed by atoms with Gasteiger partial charge in [0, 0.05) is 24.6 Å². The fourth-order valence-electron chi connectivity index (χ4n) is 2.49. The van der Waals surface area contributed by atoms with E-state index in [4.69, 9.17) is 4.98 Å². The van der Waals surface area contributed by atoms with E-state index in [1.54, 1.807) is 0 Å². The molecule has 3 rings (SSSR count). The van der Waals surface area contributed by atoms with E-state index in [1.807, 2.05) is 13.1 Å². The Labute approximate surface area is 120 Å². The number of aryl methyl sites for hydroxylation is 3. The second kappa shape index (κ2) is 4.89. The van der Waals surface area contributed by atoms with Gasteiger partial charge in [0.1, 0.15) is 11.6 Å². The quantitative estimate of drug-likeness (QED) is 0.913. The molecule has 20 heavy (non-hydrogen) atoms. The highest BCUT2D eigenvalue weighted by atomic mass is 15.0. The van der Waals surface area contributed by atoms with Crippen molar-refractivity contribution in [2.75, 3.05) is 12.4 Å². The van der Waals surface area contributed by atoms with Crippen LogP contribution in [0.25, 0.3) is 11.3 Å². The number of nitrogens with zero attached hydrogens (tertiary/aromatic N) is 2. The Morgan fingerprint density at radius 1 is 0.950 bits per heavy atom. The number of nitrogens with one attached hydrogen (secondary N) is 1. The van der Waals surface area contributed by atoms with Crippen LogP contribution < -0.4 is 5.32 Å². The maximum Gasteiger partial charge on any atom is 0.134 e. The predicted octanol–water partition coefficient (Wildman–Crippen LogP) is 3.99. The summed E-state index contributed by atoms with van der Waals surface area (Å²) in [4.78, 5) is 9.38. The second-order valence-electron chi connectivity index (χ2n) is 5.77. The molecule has 1 heterocycles. The van der Waals surface area contributed by atoms with Crippen molar-refractivity contribution in [3.8, 4) is 11.3 Å². The summed E-state index contributed by atoms with van der Waals surface area (Å²) in [6.45, 7) is 6.46. The highest BCUT2D eigenvalue weighted by molar-refractivity contribution is 5.67. The van der Waals surface area contributed by atoms with Gasteiger partial charge in [-0.2, -0.15) is 0 Å². The lowest BCUT2D eigenvalue weighted by Gasteiger charge is -2.12. The summed E-state index contributed by atoms with van der Waals surface area (Å²) >= 11 is 0. The molecule has 3 nitrogen and oxygen atoms in total. The molecule has 1 fully saturated rings. The van der Waals surface area contributed by atoms with Gasteiger partial charge in [-0.15, -0.1) is 0 Å². The molecule has 3 heteroatoms. The minimum absolute atomic E-state index is 0.564. The van der Waals surface area contributed by atoms with E-state index in [0.717, 1.165) is 17.3 Å². The number of hydrogen-bond acceptors (Lipinski definition) is 3. The van der Waals surface area contributed by atoms with Crippen LogP contribution in [-0.4, -0.2) is 17.0 Å². The largest absolute Gasteiger partial charge is 0.373 e. The number of rotatable bonds is 3. The van der Waals surface area contributed by atoms with E-state index in [1.165, 1.54) is 35.1 Å². The van der Waals surface area contributed by atoms with Crippen molar-refractivity contribution >= 4 is 5.82 Å². The van der Waals surface area contributed by atoms with Crippen LogP contribution in [0.15, 0.2) is 18.2 Å². The number of aromatic nitrogens is 2. The fourth-order valence-corrected chi connectivity index (χ4v) is 2.49. The van der Waals surface area contributed by atoms with E-state index in [-0.39, 0.29) is 0 Å². The topological polar surface area (TPSA) is 37.8 Å². The predicted molar refractivity (Wildman–Crippen MR) is 83.2 cm³/mol. The van der Waals surface area contributed by atoms with Crippen molar-refractivity contribution in [2.45, 2.75) is 39.5 Å². The Morgan fingerprint density at radius 3 is 2.30 bits per heavy atom. The molecular weight excluding hydrogens is 246 g/mol. The van der Waals surface area contributed by atoms with E-state index >= 15 is 0 Å². The SMILES string of the molecule is CNc1cc(-c2cc(C)c(C)cc2C)nc(C2CC2)n1. The first kappa shape index (κ1) is 13.1. The average molecular weight is 267 g/mol. The molecule has 1 aliphatic rings. The Balaban J connectivity index is 2.13. The van der Waals surface area contributed by atoms with E-state index in [9.17, 15) is 0 Å². The Morgan fingerprint density at radius 2 is 1.65 bits per heavy atom. The van der Waals surface area contributed by atoms with Crippen LogP contribution in [0.1, 0.15) is 41.3 Å². The van der Waals surface area contributed by atoms with Crippen LogP contribution in [0.4, 0.5) is 5.82 Å². The molecule has 1 aliphatic carbocycles. The van der Waals surface area contributed by atoms with Crippen LogP contribution in [0, 0.1) is 20.8 Å². The van der Waals surface area contributed by atoms with Gasteiger partial charge in [-0.1, -0.05) is 6.07 Å². The number of hydrogen-bond donors (Lipinski definition) is 1. The Kier molecular flexibility index (Phi) is 3.20. The molecule has 2 aromatic rings. The molecule has 0 aliphatic heterocycles. The smallest absolute Gasteiger partial charge is 0.134 e. The minimum Gasteiger partial charge on any atom is -0.373 e. The zero-order valence-electron chi connectivity index (χ0n) is 12.6. The maximum absolute atomic E-state index is 4.79. The van der Waals surface area contributed by atoms with Gasteiger partial charge in [0.05, 0.1) is 5.69 Å². The van der Waals surface area contributed by atoms with Gasteiger partial charge in [0.15, 0.2) is 0 Å². The molecule has 0 saturated heterocycles. The minimum atomic E-state index is 0.564. The highest BCUT2D eigenvalue weighted by Crippen LogP contribution is 2.39. The zero-order chi connectivity index (χ0) is 14.3. The van der Waals surface area contributed by atoms with Crippen LogP contribution >= 0.6 is 0 Å². The molecule has 0 radical (unpaired) electrons.